The van der Waals surface area contributed by atoms with Crippen molar-refractivity contribution in [2.75, 3.05) is 0 Å². The van der Waals surface area contributed by atoms with Gasteiger partial charge < -0.3 is 0 Å². The molecule has 1 rings (SSSR count). The first kappa shape index (κ1) is 13.8. The lowest BCUT2D eigenvalue weighted by Gasteiger charge is -2.12. The molecule has 0 spiro atoms. The monoisotopic (exact) mass is 361 g/mol. The van der Waals surface area contributed by atoms with Crippen LogP contribution in [-0.2, 0) is 6.18 Å². The van der Waals surface area contributed by atoms with Crippen LogP contribution >= 0.6 is 34.2 Å². The molecule has 1 aromatic rings. The zero-order valence-corrected chi connectivity index (χ0v) is 11.4. The molecule has 16 heavy (non-hydrogen) atoms. The quantitative estimate of drug-likeness (QED) is 0.651. The molecule has 0 aliphatic carbocycles. The Morgan fingerprint density at radius 3 is 2.50 bits per heavy atom. The van der Waals surface area contributed by atoms with E-state index in [1.165, 1.54) is 0 Å². The van der Waals surface area contributed by atoms with Gasteiger partial charge in [0.15, 0.2) is 0 Å². The molecule has 0 saturated heterocycles. The fourth-order valence-electron chi connectivity index (χ4n) is 1.16. The van der Waals surface area contributed by atoms with Gasteiger partial charge in [-0.3, -0.25) is 4.98 Å². The highest BCUT2D eigenvalue weighted by Gasteiger charge is 2.34. The van der Waals surface area contributed by atoms with Crippen molar-refractivity contribution in [3.8, 4) is 0 Å². The first-order chi connectivity index (χ1) is 7.23. The fourth-order valence-corrected chi connectivity index (χ4v) is 1.81. The summed E-state index contributed by atoms with van der Waals surface area (Å²) in [5.74, 6) is 0. The van der Waals surface area contributed by atoms with Gasteiger partial charge in [-0.05, 0) is 46.1 Å². The van der Waals surface area contributed by atoms with E-state index in [9.17, 15) is 13.2 Å². The van der Waals surface area contributed by atoms with Gasteiger partial charge in [0.05, 0.1) is 10.6 Å². The largest absolute Gasteiger partial charge is 0.419 e. The van der Waals surface area contributed by atoms with E-state index in [1.807, 2.05) is 22.6 Å². The first-order valence-electron chi connectivity index (χ1n) is 4.29. The van der Waals surface area contributed by atoms with Crippen molar-refractivity contribution in [3.63, 3.8) is 0 Å². The molecule has 0 saturated carbocycles. The van der Waals surface area contributed by atoms with Gasteiger partial charge in [0.1, 0.15) is 0 Å². The number of nitrogens with zero attached hydrogens (tertiary/aromatic N) is 1. The summed E-state index contributed by atoms with van der Waals surface area (Å²) in [4.78, 5) is 3.71. The molecule has 0 N–H and O–H groups in total. The lowest BCUT2D eigenvalue weighted by atomic mass is 10.1. The number of allylic oxidation sites excluding steroid dienone is 1. The summed E-state index contributed by atoms with van der Waals surface area (Å²) < 4.78 is 38.5. The minimum absolute atomic E-state index is 0.295. The first-order valence-corrected chi connectivity index (χ1v) is 5.75. The number of hydrogen-bond donors (Lipinski definition) is 0. The van der Waals surface area contributed by atoms with Crippen molar-refractivity contribution < 1.29 is 13.2 Å². The van der Waals surface area contributed by atoms with Gasteiger partial charge in [0.25, 0.3) is 0 Å². The lowest BCUT2D eigenvalue weighted by molar-refractivity contribution is -0.137. The molecule has 0 radical (unpaired) electrons. The number of hydrogen-bond acceptors (Lipinski definition) is 1. The van der Waals surface area contributed by atoms with Gasteiger partial charge in [-0.1, -0.05) is 11.6 Å². The van der Waals surface area contributed by atoms with Crippen LogP contribution in [0.2, 0.25) is 5.02 Å². The van der Waals surface area contributed by atoms with Crippen molar-refractivity contribution in [2.45, 2.75) is 20.0 Å². The highest BCUT2D eigenvalue weighted by atomic mass is 127. The molecule has 0 bridgehead atoms. The molecule has 1 nitrogen and oxygen atoms in total. The smallest absolute Gasteiger partial charge is 0.260 e. The van der Waals surface area contributed by atoms with Crippen LogP contribution in [0.3, 0.4) is 0 Å². The Morgan fingerprint density at radius 2 is 2.06 bits per heavy atom. The van der Waals surface area contributed by atoms with E-state index < -0.39 is 11.7 Å². The number of pyridine rings is 1. The third-order valence-corrected chi connectivity index (χ3v) is 2.62. The Bertz CT molecular complexity index is 436. The molecular weight excluding hydrogens is 353 g/mol. The molecule has 0 aliphatic rings. The van der Waals surface area contributed by atoms with Crippen molar-refractivity contribution in [2.24, 2.45) is 0 Å². The van der Waals surface area contributed by atoms with Crippen LogP contribution in [0, 0.1) is 6.92 Å². The van der Waals surface area contributed by atoms with Crippen LogP contribution in [0.25, 0.3) is 6.08 Å². The van der Waals surface area contributed by atoms with Gasteiger partial charge >= 0.3 is 6.18 Å². The lowest BCUT2D eigenvalue weighted by Crippen LogP contribution is -2.08. The van der Waals surface area contributed by atoms with Gasteiger partial charge in [0, 0.05) is 17.5 Å². The van der Waals surface area contributed by atoms with E-state index in [1.54, 1.807) is 19.9 Å². The van der Waals surface area contributed by atoms with Gasteiger partial charge in [-0.15, -0.1) is 0 Å². The van der Waals surface area contributed by atoms with Crippen LogP contribution in [0.1, 0.15) is 23.7 Å². The van der Waals surface area contributed by atoms with E-state index in [2.05, 4.69) is 4.98 Å². The maximum Gasteiger partial charge on any atom is 0.419 e. The number of alkyl halides is 3. The Morgan fingerprint density at radius 1 is 1.50 bits per heavy atom. The molecule has 0 fully saturated rings. The summed E-state index contributed by atoms with van der Waals surface area (Å²) in [6, 6.07) is 0. The molecule has 6 heteroatoms. The summed E-state index contributed by atoms with van der Waals surface area (Å²) in [7, 11) is 0. The van der Waals surface area contributed by atoms with Crippen LogP contribution < -0.4 is 0 Å². The predicted molar refractivity (Wildman–Crippen MR) is 66.7 cm³/mol. The minimum Gasteiger partial charge on any atom is -0.260 e. The average molecular weight is 362 g/mol. The van der Waals surface area contributed by atoms with E-state index in [4.69, 9.17) is 11.6 Å². The fraction of sp³-hybridized carbons (Fsp3) is 0.300. The number of aromatic nitrogens is 1. The third-order valence-electron chi connectivity index (χ3n) is 1.90. The highest BCUT2D eigenvalue weighted by molar-refractivity contribution is 14.1. The summed E-state index contributed by atoms with van der Waals surface area (Å²) in [6.45, 7) is 3.40. The van der Waals surface area contributed by atoms with Crippen molar-refractivity contribution in [1.29, 1.82) is 0 Å². The Balaban J connectivity index is 3.45. The second-order valence-corrected chi connectivity index (χ2v) is 5.29. The van der Waals surface area contributed by atoms with Crippen LogP contribution in [0.4, 0.5) is 13.2 Å². The maximum absolute atomic E-state index is 12.6. The maximum atomic E-state index is 12.6. The second-order valence-electron chi connectivity index (χ2n) is 3.21. The highest BCUT2D eigenvalue weighted by Crippen LogP contribution is 2.37. The molecule has 88 valence electrons. The number of rotatable bonds is 1. The summed E-state index contributed by atoms with van der Waals surface area (Å²) >= 11 is 7.74. The zero-order chi connectivity index (χ0) is 12.5. The Labute approximate surface area is 110 Å². The normalized spacial score (nSPS) is 13.1. The van der Waals surface area contributed by atoms with Crippen molar-refractivity contribution in [1.82, 2.24) is 4.98 Å². The standard InChI is InChI=1S/C10H8ClF3IN/c1-5(15)3-7-6(2)16-4-8(9(7)11)10(12,13)14/h3-4H,1-2H3/b5-3+. The second kappa shape index (κ2) is 4.91. The number of aryl methyl sites for hydroxylation is 1. The molecule has 1 aromatic heterocycles. The Kier molecular flexibility index (Phi) is 4.23. The van der Waals surface area contributed by atoms with Crippen molar-refractivity contribution >= 4 is 40.3 Å². The summed E-state index contributed by atoms with van der Waals surface area (Å²) in [5.41, 5.74) is -0.0962. The van der Waals surface area contributed by atoms with E-state index in [0.717, 1.165) is 9.78 Å². The van der Waals surface area contributed by atoms with Crippen LogP contribution in [-0.4, -0.2) is 4.98 Å². The van der Waals surface area contributed by atoms with Crippen molar-refractivity contribution in [3.05, 3.63) is 31.6 Å². The molecule has 0 unspecified atom stereocenters. The van der Waals surface area contributed by atoms with E-state index in [-0.39, 0.29) is 5.02 Å². The molecular formula is C10H8ClF3IN. The topological polar surface area (TPSA) is 12.9 Å². The minimum atomic E-state index is -4.47. The zero-order valence-electron chi connectivity index (χ0n) is 8.49. The summed E-state index contributed by atoms with van der Waals surface area (Å²) in [5, 5.41) is -0.295. The molecule has 0 aromatic carbocycles. The molecule has 1 heterocycles. The van der Waals surface area contributed by atoms with Gasteiger partial charge in [-0.25, -0.2) is 0 Å². The molecule has 0 aliphatic heterocycles. The van der Waals surface area contributed by atoms with E-state index in [0.29, 0.717) is 11.3 Å². The van der Waals surface area contributed by atoms with Gasteiger partial charge in [0.2, 0.25) is 0 Å². The van der Waals surface area contributed by atoms with E-state index >= 15 is 0 Å². The van der Waals surface area contributed by atoms with Crippen LogP contribution in [0.15, 0.2) is 9.78 Å². The average Bonchev–Trinajstić information content (AvgIpc) is 2.09. The predicted octanol–water partition coefficient (Wildman–Crippen LogP) is 4.86. The Hall–Kier alpha value is -0.300. The number of halogens is 5. The SMILES string of the molecule is C/C(I)=C\c1c(C)ncc(C(F)(F)F)c1Cl. The molecule has 0 amide bonds. The van der Waals surface area contributed by atoms with Gasteiger partial charge in [-0.2, -0.15) is 13.2 Å². The van der Waals surface area contributed by atoms with Crippen LogP contribution in [0.5, 0.6) is 0 Å². The third kappa shape index (κ3) is 3.10. The molecule has 0 atom stereocenters. The summed E-state index contributed by atoms with van der Waals surface area (Å²) in [6.07, 6.45) is -2.13.